The first-order chi connectivity index (χ1) is 12.1. The van der Waals surface area contributed by atoms with Crippen molar-refractivity contribution in [1.29, 1.82) is 0 Å². The van der Waals surface area contributed by atoms with Gasteiger partial charge in [-0.3, -0.25) is 4.79 Å². The topological polar surface area (TPSA) is 76.1 Å². The Hall–Kier alpha value is -3.02. The predicted molar refractivity (Wildman–Crippen MR) is 90.5 cm³/mol. The normalized spacial score (nSPS) is 13.1. The van der Waals surface area contributed by atoms with Gasteiger partial charge in [-0.25, -0.2) is 4.79 Å². The Bertz CT molecular complexity index is 802. The summed E-state index contributed by atoms with van der Waals surface area (Å²) in [5.41, 5.74) is 2.32. The molecule has 0 unspecified atom stereocenters. The number of rotatable bonds is 4. The zero-order valence-corrected chi connectivity index (χ0v) is 13.9. The number of hydrogen-bond acceptors (Lipinski definition) is 5. The van der Waals surface area contributed by atoms with Crippen LogP contribution < -0.4 is 4.74 Å². The Kier molecular flexibility index (Phi) is 4.88. The fourth-order valence-electron chi connectivity index (χ4n) is 2.86. The smallest absolute Gasteiger partial charge is 0.342 e. The minimum Gasteiger partial charge on any atom is -0.504 e. The highest BCUT2D eigenvalue weighted by atomic mass is 16.5. The SMILES string of the molecule is COc1cccc(C(=O)OCC(=O)N2CCc3ccccc3C2)c1O. The molecule has 1 amide bonds. The number of amides is 1. The number of nitrogens with zero attached hydrogens (tertiary/aromatic N) is 1. The van der Waals surface area contributed by atoms with Crippen LogP contribution in [-0.4, -0.2) is 42.1 Å². The van der Waals surface area contributed by atoms with Crippen molar-refractivity contribution in [3.05, 3.63) is 59.2 Å². The van der Waals surface area contributed by atoms with Crippen molar-refractivity contribution in [2.24, 2.45) is 0 Å². The van der Waals surface area contributed by atoms with E-state index in [4.69, 9.17) is 9.47 Å². The summed E-state index contributed by atoms with van der Waals surface area (Å²) >= 11 is 0. The van der Waals surface area contributed by atoms with Crippen LogP contribution in [0.3, 0.4) is 0 Å². The van der Waals surface area contributed by atoms with E-state index in [9.17, 15) is 14.7 Å². The highest BCUT2D eigenvalue weighted by molar-refractivity contribution is 5.94. The average molecular weight is 341 g/mol. The lowest BCUT2D eigenvalue weighted by molar-refractivity contribution is -0.135. The number of methoxy groups -OCH3 is 1. The molecule has 2 aromatic carbocycles. The van der Waals surface area contributed by atoms with Gasteiger partial charge in [-0.1, -0.05) is 30.3 Å². The van der Waals surface area contributed by atoms with Crippen molar-refractivity contribution in [2.45, 2.75) is 13.0 Å². The Morgan fingerprint density at radius 1 is 1.12 bits per heavy atom. The van der Waals surface area contributed by atoms with Crippen molar-refractivity contribution in [2.75, 3.05) is 20.3 Å². The molecular formula is C19H19NO5. The molecule has 0 saturated heterocycles. The standard InChI is InChI=1S/C19H19NO5/c1-24-16-8-4-7-15(18(16)22)19(23)25-12-17(21)20-10-9-13-5-2-3-6-14(13)11-20/h2-8,22H,9-12H2,1H3. The molecule has 0 aromatic heterocycles. The van der Waals surface area contributed by atoms with Gasteiger partial charge in [0.1, 0.15) is 5.56 Å². The summed E-state index contributed by atoms with van der Waals surface area (Å²) < 4.78 is 10.0. The second-order valence-corrected chi connectivity index (χ2v) is 5.77. The van der Waals surface area contributed by atoms with Crippen LogP contribution in [0.4, 0.5) is 0 Å². The van der Waals surface area contributed by atoms with E-state index >= 15 is 0 Å². The molecule has 6 nitrogen and oxygen atoms in total. The number of hydrogen-bond donors (Lipinski definition) is 1. The molecule has 0 spiro atoms. The van der Waals surface area contributed by atoms with E-state index in [0.29, 0.717) is 13.1 Å². The third-order valence-corrected chi connectivity index (χ3v) is 4.25. The molecule has 0 saturated carbocycles. The van der Waals surface area contributed by atoms with E-state index in [-0.39, 0.29) is 29.6 Å². The van der Waals surface area contributed by atoms with Gasteiger partial charge in [0.2, 0.25) is 0 Å². The van der Waals surface area contributed by atoms with Crippen molar-refractivity contribution < 1.29 is 24.2 Å². The second kappa shape index (κ2) is 7.25. The number of phenols is 1. The summed E-state index contributed by atoms with van der Waals surface area (Å²) in [6, 6.07) is 12.5. The number of aromatic hydroxyl groups is 1. The maximum atomic E-state index is 12.3. The van der Waals surface area contributed by atoms with Crippen LogP contribution in [0.25, 0.3) is 0 Å². The number of fused-ring (bicyclic) bond motifs is 1. The number of ether oxygens (including phenoxy) is 2. The van der Waals surface area contributed by atoms with Crippen molar-refractivity contribution in [3.63, 3.8) is 0 Å². The molecule has 2 aromatic rings. The summed E-state index contributed by atoms with van der Waals surface area (Å²) in [7, 11) is 1.39. The fraction of sp³-hybridized carbons (Fsp3) is 0.263. The quantitative estimate of drug-likeness (QED) is 0.863. The number of carbonyl (C=O) groups is 2. The first-order valence-corrected chi connectivity index (χ1v) is 7.98. The van der Waals surface area contributed by atoms with Crippen LogP contribution in [0, 0.1) is 0 Å². The van der Waals surface area contributed by atoms with Crippen LogP contribution in [-0.2, 0) is 22.5 Å². The van der Waals surface area contributed by atoms with E-state index in [0.717, 1.165) is 12.0 Å². The van der Waals surface area contributed by atoms with E-state index < -0.39 is 5.97 Å². The van der Waals surface area contributed by atoms with Gasteiger partial charge in [0.25, 0.3) is 5.91 Å². The van der Waals surface area contributed by atoms with Crippen LogP contribution in [0.2, 0.25) is 0 Å². The Morgan fingerprint density at radius 2 is 1.88 bits per heavy atom. The zero-order chi connectivity index (χ0) is 17.8. The molecule has 0 aliphatic carbocycles. The monoisotopic (exact) mass is 341 g/mol. The zero-order valence-electron chi connectivity index (χ0n) is 13.9. The number of phenolic OH excluding ortho intramolecular Hbond substituents is 1. The second-order valence-electron chi connectivity index (χ2n) is 5.77. The highest BCUT2D eigenvalue weighted by Crippen LogP contribution is 2.29. The van der Waals surface area contributed by atoms with Gasteiger partial charge < -0.3 is 19.5 Å². The van der Waals surface area contributed by atoms with Crippen molar-refractivity contribution in [3.8, 4) is 11.5 Å². The first kappa shape index (κ1) is 16.8. The lowest BCUT2D eigenvalue weighted by Gasteiger charge is -2.28. The van der Waals surface area contributed by atoms with Crippen LogP contribution >= 0.6 is 0 Å². The third kappa shape index (κ3) is 3.57. The minimum atomic E-state index is -0.762. The molecule has 6 heteroatoms. The van der Waals surface area contributed by atoms with E-state index in [1.165, 1.54) is 24.8 Å². The maximum absolute atomic E-state index is 12.3. The third-order valence-electron chi connectivity index (χ3n) is 4.25. The molecule has 1 aliphatic rings. The van der Waals surface area contributed by atoms with E-state index in [2.05, 4.69) is 6.07 Å². The lowest BCUT2D eigenvalue weighted by atomic mass is 10.00. The molecule has 1 aliphatic heterocycles. The van der Waals surface area contributed by atoms with Gasteiger partial charge >= 0.3 is 5.97 Å². The van der Waals surface area contributed by atoms with Gasteiger partial charge in [-0.2, -0.15) is 0 Å². The first-order valence-electron chi connectivity index (χ1n) is 7.98. The van der Waals surface area contributed by atoms with Crippen molar-refractivity contribution >= 4 is 11.9 Å². The van der Waals surface area contributed by atoms with Gasteiger partial charge in [0.05, 0.1) is 7.11 Å². The molecule has 0 radical (unpaired) electrons. The largest absolute Gasteiger partial charge is 0.504 e. The Balaban J connectivity index is 1.61. The lowest BCUT2D eigenvalue weighted by Crippen LogP contribution is -2.38. The average Bonchev–Trinajstić information content (AvgIpc) is 2.65. The number of esters is 1. The van der Waals surface area contributed by atoms with Gasteiger partial charge in [-0.05, 0) is 29.7 Å². The summed E-state index contributed by atoms with van der Waals surface area (Å²) in [6.45, 7) is 0.742. The molecule has 25 heavy (non-hydrogen) atoms. The Labute approximate surface area is 145 Å². The molecule has 0 fully saturated rings. The summed E-state index contributed by atoms with van der Waals surface area (Å²) in [6.07, 6.45) is 0.784. The van der Waals surface area contributed by atoms with Crippen LogP contribution in [0.15, 0.2) is 42.5 Å². The number of benzene rings is 2. The van der Waals surface area contributed by atoms with Crippen molar-refractivity contribution in [1.82, 2.24) is 4.90 Å². The molecule has 1 N–H and O–H groups in total. The van der Waals surface area contributed by atoms with Crippen LogP contribution in [0.1, 0.15) is 21.5 Å². The number of para-hydroxylation sites is 1. The number of carbonyl (C=O) groups excluding carboxylic acids is 2. The highest BCUT2D eigenvalue weighted by Gasteiger charge is 2.22. The minimum absolute atomic E-state index is 0.0314. The van der Waals surface area contributed by atoms with Gasteiger partial charge in [0.15, 0.2) is 18.1 Å². The van der Waals surface area contributed by atoms with Crippen LogP contribution in [0.5, 0.6) is 11.5 Å². The molecule has 3 rings (SSSR count). The molecular weight excluding hydrogens is 322 g/mol. The molecule has 130 valence electrons. The summed E-state index contributed by atoms with van der Waals surface area (Å²) in [5, 5.41) is 9.96. The maximum Gasteiger partial charge on any atom is 0.342 e. The Morgan fingerprint density at radius 3 is 2.64 bits per heavy atom. The predicted octanol–water partition coefficient (Wildman–Crippen LogP) is 2.14. The molecule has 0 bridgehead atoms. The van der Waals surface area contributed by atoms with Gasteiger partial charge in [0, 0.05) is 13.1 Å². The van der Waals surface area contributed by atoms with E-state index in [1.54, 1.807) is 11.0 Å². The fourth-order valence-corrected chi connectivity index (χ4v) is 2.86. The van der Waals surface area contributed by atoms with Gasteiger partial charge in [-0.15, -0.1) is 0 Å². The molecule has 1 heterocycles. The van der Waals surface area contributed by atoms with E-state index in [1.807, 2.05) is 18.2 Å². The molecule has 0 atom stereocenters. The summed E-state index contributed by atoms with van der Waals surface area (Å²) in [4.78, 5) is 26.1. The summed E-state index contributed by atoms with van der Waals surface area (Å²) in [5.74, 6) is -1.14.